The smallest absolute Gasteiger partial charge is 0.0465 e. The summed E-state index contributed by atoms with van der Waals surface area (Å²) in [6.45, 7) is 8.90. The van der Waals surface area contributed by atoms with Crippen LogP contribution >= 0.6 is 23.5 Å². The van der Waals surface area contributed by atoms with E-state index in [1.807, 2.05) is 0 Å². The third-order valence-electron chi connectivity index (χ3n) is 3.42. The molecule has 0 radical (unpaired) electrons. The average Bonchev–Trinajstić information content (AvgIpc) is 2.34. The van der Waals surface area contributed by atoms with Crippen LogP contribution in [-0.4, -0.2) is 48.3 Å². The van der Waals surface area contributed by atoms with Gasteiger partial charge in [-0.05, 0) is 18.9 Å². The minimum atomic E-state index is 0.628. The van der Waals surface area contributed by atoms with E-state index in [4.69, 9.17) is 4.74 Å². The zero-order valence-electron chi connectivity index (χ0n) is 11.6. The molecule has 0 saturated carbocycles. The summed E-state index contributed by atoms with van der Waals surface area (Å²) in [6.07, 6.45) is 1.16. The van der Waals surface area contributed by atoms with E-state index < -0.39 is 0 Å². The van der Waals surface area contributed by atoms with Gasteiger partial charge in [0.2, 0.25) is 0 Å². The van der Waals surface area contributed by atoms with Crippen LogP contribution in [0, 0.1) is 5.92 Å². The zero-order valence-corrected chi connectivity index (χ0v) is 13.2. The summed E-state index contributed by atoms with van der Waals surface area (Å²) in [6, 6.07) is 0.628. The molecule has 4 unspecified atom stereocenters. The highest BCUT2D eigenvalue weighted by molar-refractivity contribution is 8.07. The van der Waals surface area contributed by atoms with Crippen molar-refractivity contribution in [3.8, 4) is 0 Å². The van der Waals surface area contributed by atoms with Crippen LogP contribution in [0.3, 0.4) is 0 Å². The molecule has 2 nitrogen and oxygen atoms in total. The van der Waals surface area contributed by atoms with Crippen molar-refractivity contribution in [1.29, 1.82) is 0 Å². The van der Waals surface area contributed by atoms with E-state index in [2.05, 4.69) is 49.6 Å². The van der Waals surface area contributed by atoms with Crippen molar-refractivity contribution in [2.24, 2.45) is 5.92 Å². The maximum Gasteiger partial charge on any atom is 0.0465 e. The van der Waals surface area contributed by atoms with Gasteiger partial charge >= 0.3 is 0 Å². The lowest BCUT2D eigenvalue weighted by Crippen LogP contribution is -2.48. The molecule has 0 aromatic heterocycles. The number of nitrogens with one attached hydrogen (secondary N) is 1. The van der Waals surface area contributed by atoms with Crippen LogP contribution < -0.4 is 5.32 Å². The van der Waals surface area contributed by atoms with E-state index in [0.717, 1.165) is 30.1 Å². The molecule has 1 N–H and O–H groups in total. The second kappa shape index (κ2) is 8.68. The first kappa shape index (κ1) is 15.7. The van der Waals surface area contributed by atoms with Crippen LogP contribution in [0.4, 0.5) is 0 Å². The van der Waals surface area contributed by atoms with Gasteiger partial charge in [-0.25, -0.2) is 0 Å². The Hall–Kier alpha value is 0.620. The van der Waals surface area contributed by atoms with Gasteiger partial charge in [0, 0.05) is 41.8 Å². The quantitative estimate of drug-likeness (QED) is 0.772. The lowest BCUT2D eigenvalue weighted by atomic mass is 9.94. The maximum absolute atomic E-state index is 5.22. The molecule has 102 valence electrons. The highest BCUT2D eigenvalue weighted by Crippen LogP contribution is 2.35. The minimum absolute atomic E-state index is 0.628. The Bertz CT molecular complexity index is 204. The Kier molecular flexibility index (Phi) is 8.00. The van der Waals surface area contributed by atoms with Crippen LogP contribution in [0.25, 0.3) is 0 Å². The number of ether oxygens (including phenoxy) is 1. The molecule has 0 aliphatic carbocycles. The molecule has 1 aliphatic rings. The molecule has 0 spiro atoms. The van der Waals surface area contributed by atoms with Crippen LogP contribution in [0.1, 0.15) is 27.2 Å². The lowest BCUT2D eigenvalue weighted by Gasteiger charge is -2.38. The molecule has 1 fully saturated rings. The number of thioether (sulfide) groups is 2. The average molecular weight is 277 g/mol. The van der Waals surface area contributed by atoms with Crippen molar-refractivity contribution < 1.29 is 4.74 Å². The topological polar surface area (TPSA) is 21.3 Å². The number of rotatable bonds is 7. The van der Waals surface area contributed by atoms with Crippen LogP contribution in [0.5, 0.6) is 0 Å². The number of hydrogen-bond acceptors (Lipinski definition) is 4. The number of methoxy groups -OCH3 is 1. The molecule has 0 bridgehead atoms. The molecule has 1 saturated heterocycles. The summed E-state index contributed by atoms with van der Waals surface area (Å²) >= 11 is 4.29. The summed E-state index contributed by atoms with van der Waals surface area (Å²) < 4.78 is 5.22. The SMILES string of the molecule is CCNC(C(C)CCOC)C1SCCSC1C. The van der Waals surface area contributed by atoms with Gasteiger partial charge in [0.1, 0.15) is 0 Å². The molecule has 17 heavy (non-hydrogen) atoms. The third-order valence-corrected chi connectivity index (χ3v) is 6.64. The fourth-order valence-corrected chi connectivity index (χ4v) is 5.49. The summed E-state index contributed by atoms with van der Waals surface area (Å²) in [4.78, 5) is 0. The first-order valence-electron chi connectivity index (χ1n) is 6.66. The van der Waals surface area contributed by atoms with Gasteiger partial charge in [-0.2, -0.15) is 23.5 Å². The Morgan fingerprint density at radius 3 is 2.65 bits per heavy atom. The van der Waals surface area contributed by atoms with Crippen molar-refractivity contribution in [2.75, 3.05) is 31.8 Å². The summed E-state index contributed by atoms with van der Waals surface area (Å²) in [5.41, 5.74) is 0. The summed E-state index contributed by atoms with van der Waals surface area (Å²) in [7, 11) is 1.79. The summed E-state index contributed by atoms with van der Waals surface area (Å²) in [5.74, 6) is 3.31. The van der Waals surface area contributed by atoms with E-state index in [9.17, 15) is 0 Å². The highest BCUT2D eigenvalue weighted by Gasteiger charge is 2.32. The molecule has 0 aromatic rings. The molecule has 4 atom stereocenters. The van der Waals surface area contributed by atoms with Crippen LogP contribution in [-0.2, 0) is 4.74 Å². The van der Waals surface area contributed by atoms with Gasteiger partial charge < -0.3 is 10.1 Å². The predicted molar refractivity (Wildman–Crippen MR) is 81.3 cm³/mol. The molecule has 0 aromatic carbocycles. The zero-order chi connectivity index (χ0) is 12.7. The lowest BCUT2D eigenvalue weighted by molar-refractivity contribution is 0.169. The minimum Gasteiger partial charge on any atom is -0.385 e. The normalized spacial score (nSPS) is 28.9. The Morgan fingerprint density at radius 1 is 1.35 bits per heavy atom. The Morgan fingerprint density at radius 2 is 2.06 bits per heavy atom. The standard InChI is InChI=1S/C13H27NOS2/c1-5-14-12(10(2)6-7-15-4)13-11(3)16-8-9-17-13/h10-14H,5-9H2,1-4H3. The molecule has 0 amide bonds. The van der Waals surface area contributed by atoms with Crippen molar-refractivity contribution >= 4 is 23.5 Å². The molecule has 4 heteroatoms. The van der Waals surface area contributed by atoms with Gasteiger partial charge in [-0.15, -0.1) is 0 Å². The van der Waals surface area contributed by atoms with E-state index in [1.54, 1.807) is 7.11 Å². The van der Waals surface area contributed by atoms with Gasteiger partial charge in [0.25, 0.3) is 0 Å². The van der Waals surface area contributed by atoms with E-state index >= 15 is 0 Å². The van der Waals surface area contributed by atoms with E-state index in [0.29, 0.717) is 12.0 Å². The van der Waals surface area contributed by atoms with Crippen molar-refractivity contribution in [3.63, 3.8) is 0 Å². The van der Waals surface area contributed by atoms with Gasteiger partial charge in [0.15, 0.2) is 0 Å². The fourth-order valence-electron chi connectivity index (χ4n) is 2.40. The molecular weight excluding hydrogens is 250 g/mol. The highest BCUT2D eigenvalue weighted by atomic mass is 32.2. The molecule has 1 rings (SSSR count). The second-order valence-corrected chi connectivity index (χ2v) is 7.52. The summed E-state index contributed by atoms with van der Waals surface area (Å²) in [5, 5.41) is 5.22. The van der Waals surface area contributed by atoms with Gasteiger partial charge in [-0.3, -0.25) is 0 Å². The first-order valence-corrected chi connectivity index (χ1v) is 8.76. The molecule has 1 aliphatic heterocycles. The van der Waals surface area contributed by atoms with Crippen LogP contribution in [0.2, 0.25) is 0 Å². The second-order valence-electron chi connectivity index (χ2n) is 4.75. The predicted octanol–water partition coefficient (Wildman–Crippen LogP) is 2.87. The van der Waals surface area contributed by atoms with Gasteiger partial charge in [0.05, 0.1) is 0 Å². The number of hydrogen-bond donors (Lipinski definition) is 1. The van der Waals surface area contributed by atoms with E-state index in [-0.39, 0.29) is 0 Å². The molecule has 1 heterocycles. The van der Waals surface area contributed by atoms with Crippen LogP contribution in [0.15, 0.2) is 0 Å². The molecular formula is C13H27NOS2. The van der Waals surface area contributed by atoms with Gasteiger partial charge in [-0.1, -0.05) is 20.8 Å². The largest absolute Gasteiger partial charge is 0.385 e. The Balaban J connectivity index is 2.55. The first-order chi connectivity index (χ1) is 8.20. The fraction of sp³-hybridized carbons (Fsp3) is 1.00. The third kappa shape index (κ3) is 5.01. The van der Waals surface area contributed by atoms with E-state index in [1.165, 1.54) is 11.5 Å². The maximum atomic E-state index is 5.22. The van der Waals surface area contributed by atoms with Crippen molar-refractivity contribution in [2.45, 2.75) is 43.7 Å². The van der Waals surface area contributed by atoms with Crippen molar-refractivity contribution in [3.05, 3.63) is 0 Å². The monoisotopic (exact) mass is 277 g/mol. The van der Waals surface area contributed by atoms with Crippen molar-refractivity contribution in [1.82, 2.24) is 5.32 Å². The Labute approximate surface area is 115 Å².